The minimum atomic E-state index is -0.476. The molecule has 0 spiro atoms. The van der Waals surface area contributed by atoms with Crippen LogP contribution in [0.25, 0.3) is 0 Å². The second kappa shape index (κ2) is 9.45. The van der Waals surface area contributed by atoms with Gasteiger partial charge in [-0.05, 0) is 37.3 Å². The molecule has 9 nitrogen and oxygen atoms in total. The lowest BCUT2D eigenvalue weighted by Crippen LogP contribution is -2.34. The van der Waals surface area contributed by atoms with Gasteiger partial charge in [0, 0.05) is 11.1 Å². The summed E-state index contributed by atoms with van der Waals surface area (Å²) in [5.41, 5.74) is 3.37. The Kier molecular flexibility index (Phi) is 6.51. The van der Waals surface area contributed by atoms with E-state index in [0.29, 0.717) is 40.7 Å². The molecule has 0 radical (unpaired) electrons. The van der Waals surface area contributed by atoms with E-state index in [2.05, 4.69) is 15.8 Å². The van der Waals surface area contributed by atoms with E-state index < -0.39 is 11.8 Å². The predicted octanol–water partition coefficient (Wildman–Crippen LogP) is 1.70. The first-order valence-electron chi connectivity index (χ1n) is 8.92. The number of rotatable bonds is 8. The number of nitrogens with one attached hydrogen (secondary N) is 2. The van der Waals surface area contributed by atoms with Crippen LogP contribution in [0, 0.1) is 0 Å². The molecule has 1 aliphatic heterocycles. The third-order valence-corrected chi connectivity index (χ3v) is 3.96. The van der Waals surface area contributed by atoms with Gasteiger partial charge in [0.05, 0.1) is 26.5 Å². The molecule has 29 heavy (non-hydrogen) atoms. The number of para-hydroxylation sites is 1. The fourth-order valence-corrected chi connectivity index (χ4v) is 2.61. The highest BCUT2D eigenvalue weighted by molar-refractivity contribution is 5.97. The zero-order valence-corrected chi connectivity index (χ0v) is 16.1. The van der Waals surface area contributed by atoms with Crippen molar-refractivity contribution in [1.29, 1.82) is 0 Å². The van der Waals surface area contributed by atoms with Crippen LogP contribution in [0.5, 0.6) is 23.0 Å². The Balaban J connectivity index is 1.53. The van der Waals surface area contributed by atoms with Crippen LogP contribution in [-0.2, 0) is 4.79 Å². The van der Waals surface area contributed by atoms with Gasteiger partial charge >= 0.3 is 0 Å². The van der Waals surface area contributed by atoms with Crippen molar-refractivity contribution in [2.75, 3.05) is 27.1 Å². The van der Waals surface area contributed by atoms with Crippen LogP contribution in [0.1, 0.15) is 22.8 Å². The quantitative estimate of drug-likeness (QED) is 0.517. The van der Waals surface area contributed by atoms with Crippen molar-refractivity contribution in [3.63, 3.8) is 0 Å². The van der Waals surface area contributed by atoms with Gasteiger partial charge < -0.3 is 24.3 Å². The average Bonchev–Trinajstić information content (AvgIpc) is 3.21. The van der Waals surface area contributed by atoms with E-state index in [-0.39, 0.29) is 13.3 Å². The molecule has 0 bridgehead atoms. The first-order chi connectivity index (χ1) is 14.1. The number of benzene rings is 2. The third kappa shape index (κ3) is 4.95. The van der Waals surface area contributed by atoms with Crippen LogP contribution in [0.15, 0.2) is 41.5 Å². The molecule has 0 saturated heterocycles. The molecule has 0 unspecified atom stereocenters. The van der Waals surface area contributed by atoms with E-state index in [9.17, 15) is 9.59 Å². The summed E-state index contributed by atoms with van der Waals surface area (Å²) in [7, 11) is 1.55. The highest BCUT2D eigenvalue weighted by Gasteiger charge is 2.16. The van der Waals surface area contributed by atoms with Gasteiger partial charge in [-0.1, -0.05) is 6.07 Å². The highest BCUT2D eigenvalue weighted by atomic mass is 16.7. The third-order valence-electron chi connectivity index (χ3n) is 3.96. The van der Waals surface area contributed by atoms with E-state index in [4.69, 9.17) is 18.9 Å². The highest BCUT2D eigenvalue weighted by Crippen LogP contribution is 2.32. The zero-order valence-electron chi connectivity index (χ0n) is 16.1. The molecule has 0 aliphatic carbocycles. The topological polar surface area (TPSA) is 107 Å². The largest absolute Gasteiger partial charge is 0.493 e. The second-order valence-corrected chi connectivity index (χ2v) is 5.86. The molecular formula is C20H21N3O6. The van der Waals surface area contributed by atoms with Crippen molar-refractivity contribution < 1.29 is 28.5 Å². The minimum absolute atomic E-state index is 0.124. The fourth-order valence-electron chi connectivity index (χ4n) is 2.61. The number of carbonyl (C=O) groups excluding carboxylic acids is 2. The van der Waals surface area contributed by atoms with Crippen molar-refractivity contribution in [2.24, 2.45) is 5.10 Å². The van der Waals surface area contributed by atoms with Crippen LogP contribution in [0.2, 0.25) is 0 Å². The first kappa shape index (κ1) is 20.0. The Morgan fingerprint density at radius 1 is 1.21 bits per heavy atom. The molecule has 2 N–H and O–H groups in total. The van der Waals surface area contributed by atoms with E-state index in [1.807, 2.05) is 6.92 Å². The molecule has 152 valence electrons. The molecule has 1 heterocycles. The SMILES string of the molecule is CCOc1c(/C=N/NC(=O)CNC(=O)c2ccc3c(c2)OCO3)cccc1OC. The summed E-state index contributed by atoms with van der Waals surface area (Å²) in [5.74, 6) is 1.29. The Bertz CT molecular complexity index is 928. The lowest BCUT2D eigenvalue weighted by molar-refractivity contribution is -0.120. The van der Waals surface area contributed by atoms with Gasteiger partial charge in [-0.2, -0.15) is 5.10 Å². The molecule has 0 aromatic heterocycles. The number of nitrogens with zero attached hydrogens (tertiary/aromatic N) is 1. The van der Waals surface area contributed by atoms with Gasteiger partial charge in [0.15, 0.2) is 23.0 Å². The van der Waals surface area contributed by atoms with Gasteiger partial charge in [0.1, 0.15) is 0 Å². The van der Waals surface area contributed by atoms with Gasteiger partial charge in [0.25, 0.3) is 11.8 Å². The van der Waals surface area contributed by atoms with Crippen molar-refractivity contribution >= 4 is 18.0 Å². The van der Waals surface area contributed by atoms with E-state index in [0.717, 1.165) is 0 Å². The van der Waals surface area contributed by atoms with Crippen LogP contribution in [0.3, 0.4) is 0 Å². The Morgan fingerprint density at radius 3 is 2.83 bits per heavy atom. The number of fused-ring (bicyclic) bond motifs is 1. The lowest BCUT2D eigenvalue weighted by atomic mass is 10.2. The molecule has 3 rings (SSSR count). The Morgan fingerprint density at radius 2 is 2.03 bits per heavy atom. The maximum atomic E-state index is 12.2. The lowest BCUT2D eigenvalue weighted by Gasteiger charge is -2.11. The summed E-state index contributed by atoms with van der Waals surface area (Å²) in [5, 5.41) is 6.43. The summed E-state index contributed by atoms with van der Waals surface area (Å²) in [6.45, 7) is 2.21. The number of hydrogen-bond acceptors (Lipinski definition) is 7. The van der Waals surface area contributed by atoms with Crippen LogP contribution < -0.4 is 29.7 Å². The summed E-state index contributed by atoms with van der Waals surface area (Å²) in [6.07, 6.45) is 1.45. The maximum Gasteiger partial charge on any atom is 0.259 e. The minimum Gasteiger partial charge on any atom is -0.493 e. The fraction of sp³-hybridized carbons (Fsp3) is 0.250. The molecule has 2 aromatic carbocycles. The number of methoxy groups -OCH3 is 1. The number of carbonyl (C=O) groups is 2. The van der Waals surface area contributed by atoms with Crippen LogP contribution >= 0.6 is 0 Å². The number of hydrazone groups is 1. The summed E-state index contributed by atoms with van der Waals surface area (Å²) in [6, 6.07) is 10.1. The van der Waals surface area contributed by atoms with Gasteiger partial charge in [-0.15, -0.1) is 0 Å². The maximum absolute atomic E-state index is 12.2. The predicted molar refractivity (Wildman–Crippen MR) is 105 cm³/mol. The van der Waals surface area contributed by atoms with E-state index in [1.54, 1.807) is 43.5 Å². The first-order valence-corrected chi connectivity index (χ1v) is 8.92. The number of ether oxygens (including phenoxy) is 4. The molecule has 1 aliphatic rings. The van der Waals surface area contributed by atoms with Crippen molar-refractivity contribution in [1.82, 2.24) is 10.7 Å². The van der Waals surface area contributed by atoms with E-state index in [1.165, 1.54) is 6.21 Å². The van der Waals surface area contributed by atoms with Gasteiger partial charge in [0.2, 0.25) is 6.79 Å². The Labute approximate surface area is 167 Å². The number of amides is 2. The van der Waals surface area contributed by atoms with E-state index >= 15 is 0 Å². The molecular weight excluding hydrogens is 378 g/mol. The second-order valence-electron chi connectivity index (χ2n) is 5.86. The summed E-state index contributed by atoms with van der Waals surface area (Å²) in [4.78, 5) is 24.1. The molecule has 2 aromatic rings. The monoisotopic (exact) mass is 399 g/mol. The van der Waals surface area contributed by atoms with Gasteiger partial charge in [-0.3, -0.25) is 9.59 Å². The van der Waals surface area contributed by atoms with Crippen LogP contribution in [0.4, 0.5) is 0 Å². The molecule has 2 amide bonds. The van der Waals surface area contributed by atoms with Gasteiger partial charge in [-0.25, -0.2) is 5.43 Å². The smallest absolute Gasteiger partial charge is 0.259 e. The standard InChI is InChI=1S/C20H21N3O6/c1-3-27-19-14(5-4-6-16(19)26-2)10-22-23-18(24)11-21-20(25)13-7-8-15-17(9-13)29-12-28-15/h4-10H,3,11-12H2,1-2H3,(H,21,25)(H,23,24)/b22-10+. The summed E-state index contributed by atoms with van der Waals surface area (Å²) < 4.78 is 21.3. The molecule has 9 heteroatoms. The summed E-state index contributed by atoms with van der Waals surface area (Å²) >= 11 is 0. The van der Waals surface area contributed by atoms with Crippen LogP contribution in [-0.4, -0.2) is 45.1 Å². The molecule has 0 saturated carbocycles. The number of hydrogen-bond donors (Lipinski definition) is 2. The van der Waals surface area contributed by atoms with Crippen molar-refractivity contribution in [3.8, 4) is 23.0 Å². The van der Waals surface area contributed by atoms with Crippen molar-refractivity contribution in [3.05, 3.63) is 47.5 Å². The van der Waals surface area contributed by atoms with Crippen molar-refractivity contribution in [2.45, 2.75) is 6.92 Å². The molecule has 0 atom stereocenters. The zero-order chi connectivity index (χ0) is 20.6. The normalized spacial score (nSPS) is 11.9. The molecule has 0 fully saturated rings. The average molecular weight is 399 g/mol. The Hall–Kier alpha value is -3.75.